The summed E-state index contributed by atoms with van der Waals surface area (Å²) in [5.41, 5.74) is 1.59. The van der Waals surface area contributed by atoms with Crippen molar-refractivity contribution in [2.45, 2.75) is 38.5 Å². The van der Waals surface area contributed by atoms with Gasteiger partial charge in [-0.25, -0.2) is 0 Å². The van der Waals surface area contributed by atoms with Gasteiger partial charge in [0.2, 0.25) is 0 Å². The van der Waals surface area contributed by atoms with E-state index in [2.05, 4.69) is 24.1 Å². The number of hydrogen-bond donors (Lipinski definition) is 0. The third kappa shape index (κ3) is 3.44. The van der Waals surface area contributed by atoms with Crippen molar-refractivity contribution >= 4 is 0 Å². The van der Waals surface area contributed by atoms with Gasteiger partial charge in [-0.15, -0.1) is 12.3 Å². The first-order valence-corrected chi connectivity index (χ1v) is 4.70. The van der Waals surface area contributed by atoms with Gasteiger partial charge in [-0.2, -0.15) is 0 Å². The fourth-order valence-electron chi connectivity index (χ4n) is 1.48. The van der Waals surface area contributed by atoms with Crippen LogP contribution >= 0.6 is 0 Å². The first-order valence-electron chi connectivity index (χ1n) is 4.70. The maximum Gasteiger partial charge on any atom is 0.0267 e. The minimum Gasteiger partial charge on any atom is -0.120 e. The van der Waals surface area contributed by atoms with Crippen LogP contribution in [0.3, 0.4) is 0 Å². The molecule has 0 aromatic carbocycles. The van der Waals surface area contributed by atoms with E-state index in [1.54, 1.807) is 5.57 Å². The third-order valence-corrected chi connectivity index (χ3v) is 2.17. The maximum absolute atomic E-state index is 5.13. The predicted molar refractivity (Wildman–Crippen MR) is 53.8 cm³/mol. The molecule has 0 bridgehead atoms. The largest absolute Gasteiger partial charge is 0.120 e. The highest BCUT2D eigenvalue weighted by atomic mass is 14.1. The van der Waals surface area contributed by atoms with Crippen LogP contribution in [0.25, 0.3) is 0 Å². The summed E-state index contributed by atoms with van der Waals surface area (Å²) in [5, 5.41) is 0. The standard InChI is InChI=1S/C12H16/c1-2-3-4-6-9-12-10-7-5-8-11-12/h1,4,6,10H,3,5,7-9,11H2. The molecule has 0 N–H and O–H groups in total. The molecule has 0 unspecified atom stereocenters. The third-order valence-electron chi connectivity index (χ3n) is 2.17. The van der Waals surface area contributed by atoms with Crippen molar-refractivity contribution in [1.82, 2.24) is 0 Å². The van der Waals surface area contributed by atoms with Crippen LogP contribution < -0.4 is 0 Å². The molecule has 0 saturated carbocycles. The Hall–Kier alpha value is -0.960. The lowest BCUT2D eigenvalue weighted by Crippen LogP contribution is -1.89. The number of allylic oxidation sites excluding steroid dienone is 4. The zero-order chi connectivity index (χ0) is 8.65. The normalized spacial score (nSPS) is 17.4. The predicted octanol–water partition coefficient (Wildman–Crippen LogP) is 3.46. The zero-order valence-corrected chi connectivity index (χ0v) is 7.55. The van der Waals surface area contributed by atoms with Crippen LogP contribution in [0.15, 0.2) is 23.8 Å². The lowest BCUT2D eigenvalue weighted by atomic mass is 9.97. The molecule has 0 heterocycles. The summed E-state index contributed by atoms with van der Waals surface area (Å²) in [4.78, 5) is 0. The van der Waals surface area contributed by atoms with E-state index in [-0.39, 0.29) is 0 Å². The molecular weight excluding hydrogens is 144 g/mol. The molecule has 1 rings (SSSR count). The van der Waals surface area contributed by atoms with Crippen LogP contribution in [-0.4, -0.2) is 0 Å². The summed E-state index contributed by atoms with van der Waals surface area (Å²) in [5.74, 6) is 2.60. The van der Waals surface area contributed by atoms with Crippen LogP contribution in [0, 0.1) is 12.3 Å². The van der Waals surface area contributed by atoms with Gasteiger partial charge in [0.25, 0.3) is 0 Å². The van der Waals surface area contributed by atoms with Crippen LogP contribution in [-0.2, 0) is 0 Å². The van der Waals surface area contributed by atoms with E-state index in [4.69, 9.17) is 6.42 Å². The molecule has 64 valence electrons. The second-order valence-electron chi connectivity index (χ2n) is 3.19. The Morgan fingerprint density at radius 1 is 1.42 bits per heavy atom. The Balaban J connectivity index is 2.22. The van der Waals surface area contributed by atoms with Crippen molar-refractivity contribution in [3.63, 3.8) is 0 Å². The van der Waals surface area contributed by atoms with E-state index in [1.807, 2.05) is 0 Å². The average Bonchev–Trinajstić information content (AvgIpc) is 2.14. The quantitative estimate of drug-likeness (QED) is 0.438. The molecule has 0 fully saturated rings. The SMILES string of the molecule is C#CCC=CCC1=CCCCC1. The van der Waals surface area contributed by atoms with E-state index in [0.717, 1.165) is 12.8 Å². The van der Waals surface area contributed by atoms with Gasteiger partial charge in [0, 0.05) is 6.42 Å². The van der Waals surface area contributed by atoms with Crippen LogP contribution in [0.4, 0.5) is 0 Å². The van der Waals surface area contributed by atoms with Gasteiger partial charge in [-0.1, -0.05) is 23.8 Å². The number of hydrogen-bond acceptors (Lipinski definition) is 0. The van der Waals surface area contributed by atoms with Gasteiger partial charge < -0.3 is 0 Å². The molecule has 0 heteroatoms. The molecule has 0 atom stereocenters. The van der Waals surface area contributed by atoms with E-state index >= 15 is 0 Å². The molecule has 0 saturated heterocycles. The van der Waals surface area contributed by atoms with Gasteiger partial charge in [0.1, 0.15) is 0 Å². The molecule has 0 radical (unpaired) electrons. The number of rotatable bonds is 3. The topological polar surface area (TPSA) is 0 Å². The molecule has 1 aliphatic rings. The molecule has 0 amide bonds. The van der Waals surface area contributed by atoms with Crippen LogP contribution in [0.5, 0.6) is 0 Å². The lowest BCUT2D eigenvalue weighted by molar-refractivity contribution is 0.691. The van der Waals surface area contributed by atoms with Crippen molar-refractivity contribution in [2.75, 3.05) is 0 Å². The Labute approximate surface area is 75.4 Å². The van der Waals surface area contributed by atoms with E-state index in [1.165, 1.54) is 25.7 Å². The summed E-state index contributed by atoms with van der Waals surface area (Å²) in [6.07, 6.45) is 19.0. The summed E-state index contributed by atoms with van der Waals surface area (Å²) < 4.78 is 0. The molecule has 1 aliphatic carbocycles. The molecule has 0 spiro atoms. The molecule has 0 aliphatic heterocycles. The van der Waals surface area contributed by atoms with E-state index in [9.17, 15) is 0 Å². The minimum absolute atomic E-state index is 0.771. The van der Waals surface area contributed by atoms with Crippen molar-refractivity contribution < 1.29 is 0 Å². The summed E-state index contributed by atoms with van der Waals surface area (Å²) in [6.45, 7) is 0. The Kier molecular flexibility index (Phi) is 4.31. The maximum atomic E-state index is 5.13. The van der Waals surface area contributed by atoms with Gasteiger partial charge in [0.05, 0.1) is 0 Å². The summed E-state index contributed by atoms with van der Waals surface area (Å²) in [7, 11) is 0. The van der Waals surface area contributed by atoms with Crippen molar-refractivity contribution in [3.05, 3.63) is 23.8 Å². The highest BCUT2D eigenvalue weighted by molar-refractivity contribution is 5.10. The minimum atomic E-state index is 0.771. The van der Waals surface area contributed by atoms with Gasteiger partial charge in [-0.3, -0.25) is 0 Å². The Morgan fingerprint density at radius 2 is 2.33 bits per heavy atom. The molecule has 0 aromatic rings. The molecule has 0 nitrogen and oxygen atoms in total. The van der Waals surface area contributed by atoms with Gasteiger partial charge >= 0.3 is 0 Å². The second-order valence-corrected chi connectivity index (χ2v) is 3.19. The fraction of sp³-hybridized carbons (Fsp3) is 0.500. The molecular formula is C12H16. The van der Waals surface area contributed by atoms with Crippen LogP contribution in [0.1, 0.15) is 38.5 Å². The van der Waals surface area contributed by atoms with E-state index in [0.29, 0.717) is 0 Å². The fourth-order valence-corrected chi connectivity index (χ4v) is 1.48. The first kappa shape index (κ1) is 9.13. The van der Waals surface area contributed by atoms with Gasteiger partial charge in [-0.05, 0) is 32.1 Å². The monoisotopic (exact) mass is 160 g/mol. The zero-order valence-electron chi connectivity index (χ0n) is 7.55. The van der Waals surface area contributed by atoms with Crippen LogP contribution in [0.2, 0.25) is 0 Å². The highest BCUT2D eigenvalue weighted by Gasteiger charge is 2.00. The van der Waals surface area contributed by atoms with Gasteiger partial charge in [0.15, 0.2) is 0 Å². The Morgan fingerprint density at radius 3 is 3.00 bits per heavy atom. The van der Waals surface area contributed by atoms with E-state index < -0.39 is 0 Å². The summed E-state index contributed by atoms with van der Waals surface area (Å²) >= 11 is 0. The average molecular weight is 160 g/mol. The smallest absolute Gasteiger partial charge is 0.0267 e. The molecule has 0 aromatic heterocycles. The van der Waals surface area contributed by atoms with Crippen molar-refractivity contribution in [2.24, 2.45) is 0 Å². The highest BCUT2D eigenvalue weighted by Crippen LogP contribution is 2.20. The molecule has 12 heavy (non-hydrogen) atoms. The second kappa shape index (κ2) is 5.66. The van der Waals surface area contributed by atoms with Crippen molar-refractivity contribution in [1.29, 1.82) is 0 Å². The number of terminal acetylenes is 1. The Bertz CT molecular complexity index is 213. The first-order chi connectivity index (χ1) is 5.93. The summed E-state index contributed by atoms with van der Waals surface area (Å²) in [6, 6.07) is 0. The van der Waals surface area contributed by atoms with Crippen molar-refractivity contribution in [3.8, 4) is 12.3 Å². The lowest BCUT2D eigenvalue weighted by Gasteiger charge is -2.09.